The number of carbonyl (C=O) groups is 1. The number of nitrogens with one attached hydrogen (secondary N) is 2. The third-order valence-corrected chi connectivity index (χ3v) is 6.32. The lowest BCUT2D eigenvalue weighted by atomic mass is 10.2. The van der Waals surface area contributed by atoms with Crippen LogP contribution < -0.4 is 20.1 Å². The van der Waals surface area contributed by atoms with Gasteiger partial charge in [-0.15, -0.1) is 0 Å². The molecule has 9 heteroatoms. The zero-order chi connectivity index (χ0) is 20.5. The van der Waals surface area contributed by atoms with Gasteiger partial charge in [0, 0.05) is 31.5 Å². The normalized spacial score (nSPS) is 14.0. The van der Waals surface area contributed by atoms with Crippen LogP contribution in [0.3, 0.4) is 0 Å². The summed E-state index contributed by atoms with van der Waals surface area (Å²) in [6.07, 6.45) is 0. The SMILES string of the molecule is Cc1ccc(N[C@@H](C)C(=O)Nc2ccc3c(c2)OCO3)cc1S(=O)(=O)N(C)C. The summed E-state index contributed by atoms with van der Waals surface area (Å²) in [6.45, 7) is 3.59. The zero-order valence-corrected chi connectivity index (χ0v) is 17.0. The van der Waals surface area contributed by atoms with Crippen molar-refractivity contribution >= 4 is 27.3 Å². The van der Waals surface area contributed by atoms with Gasteiger partial charge in [0.05, 0.1) is 4.90 Å². The molecule has 0 radical (unpaired) electrons. The summed E-state index contributed by atoms with van der Waals surface area (Å²) >= 11 is 0. The van der Waals surface area contributed by atoms with Crippen LogP contribution in [-0.4, -0.2) is 45.6 Å². The van der Waals surface area contributed by atoms with Gasteiger partial charge in [-0.3, -0.25) is 4.79 Å². The highest BCUT2D eigenvalue weighted by atomic mass is 32.2. The van der Waals surface area contributed by atoms with Gasteiger partial charge in [0.1, 0.15) is 6.04 Å². The summed E-state index contributed by atoms with van der Waals surface area (Å²) < 4.78 is 36.6. The highest BCUT2D eigenvalue weighted by Crippen LogP contribution is 2.34. The largest absolute Gasteiger partial charge is 0.454 e. The molecule has 0 spiro atoms. The van der Waals surface area contributed by atoms with Crippen LogP contribution in [0.5, 0.6) is 11.5 Å². The minimum Gasteiger partial charge on any atom is -0.454 e. The van der Waals surface area contributed by atoms with Crippen molar-refractivity contribution in [3.63, 3.8) is 0 Å². The Labute approximate surface area is 164 Å². The maximum atomic E-state index is 12.5. The molecule has 0 aliphatic carbocycles. The average Bonchev–Trinajstić information content (AvgIpc) is 3.10. The minimum absolute atomic E-state index is 0.163. The molecule has 28 heavy (non-hydrogen) atoms. The first-order valence-electron chi connectivity index (χ1n) is 8.68. The molecule has 0 aromatic heterocycles. The van der Waals surface area contributed by atoms with Crippen molar-refractivity contribution in [3.8, 4) is 11.5 Å². The minimum atomic E-state index is -3.57. The summed E-state index contributed by atoms with van der Waals surface area (Å²) in [5.41, 5.74) is 1.76. The molecule has 0 saturated carbocycles. The third kappa shape index (κ3) is 4.05. The number of hydrogen-bond donors (Lipinski definition) is 2. The first kappa shape index (κ1) is 20.0. The van der Waals surface area contributed by atoms with Crippen molar-refractivity contribution in [1.29, 1.82) is 0 Å². The van der Waals surface area contributed by atoms with E-state index in [1.54, 1.807) is 44.2 Å². The fraction of sp³-hybridized carbons (Fsp3) is 0.316. The number of carbonyl (C=O) groups excluding carboxylic acids is 1. The van der Waals surface area contributed by atoms with Crippen LogP contribution in [-0.2, 0) is 14.8 Å². The van der Waals surface area contributed by atoms with Crippen LogP contribution in [0.4, 0.5) is 11.4 Å². The van der Waals surface area contributed by atoms with Gasteiger partial charge in [-0.05, 0) is 43.7 Å². The molecule has 1 aliphatic rings. The Morgan fingerprint density at radius 2 is 1.75 bits per heavy atom. The van der Waals surface area contributed by atoms with Gasteiger partial charge >= 0.3 is 0 Å². The fourth-order valence-corrected chi connectivity index (χ4v) is 3.85. The lowest BCUT2D eigenvalue weighted by molar-refractivity contribution is -0.116. The van der Waals surface area contributed by atoms with Crippen molar-refractivity contribution in [1.82, 2.24) is 4.31 Å². The van der Waals surface area contributed by atoms with Gasteiger partial charge < -0.3 is 20.1 Å². The van der Waals surface area contributed by atoms with Crippen LogP contribution in [0.2, 0.25) is 0 Å². The number of ether oxygens (including phenoxy) is 2. The van der Waals surface area contributed by atoms with Gasteiger partial charge in [0.2, 0.25) is 22.7 Å². The van der Waals surface area contributed by atoms with E-state index in [9.17, 15) is 13.2 Å². The van der Waals surface area contributed by atoms with E-state index >= 15 is 0 Å². The molecule has 0 fully saturated rings. The number of amides is 1. The number of sulfonamides is 1. The monoisotopic (exact) mass is 405 g/mol. The van der Waals surface area contributed by atoms with Crippen LogP contribution >= 0.6 is 0 Å². The molecule has 2 aromatic carbocycles. The molecule has 0 bridgehead atoms. The Morgan fingerprint density at radius 1 is 1.07 bits per heavy atom. The molecule has 1 atom stereocenters. The first-order chi connectivity index (χ1) is 13.2. The van der Waals surface area contributed by atoms with E-state index < -0.39 is 16.1 Å². The predicted molar refractivity (Wildman–Crippen MR) is 106 cm³/mol. The Kier molecular flexibility index (Phi) is 5.48. The number of hydrogen-bond acceptors (Lipinski definition) is 6. The van der Waals surface area contributed by atoms with Gasteiger partial charge in [-0.25, -0.2) is 12.7 Å². The average molecular weight is 405 g/mol. The third-order valence-electron chi connectivity index (χ3n) is 4.36. The van der Waals surface area contributed by atoms with Crippen molar-refractivity contribution in [3.05, 3.63) is 42.0 Å². The molecule has 2 N–H and O–H groups in total. The van der Waals surface area contributed by atoms with Crippen molar-refractivity contribution < 1.29 is 22.7 Å². The van der Waals surface area contributed by atoms with Crippen LogP contribution in [0, 0.1) is 6.92 Å². The van der Waals surface area contributed by atoms with Crippen LogP contribution in [0.1, 0.15) is 12.5 Å². The van der Waals surface area contributed by atoms with E-state index in [2.05, 4.69) is 10.6 Å². The maximum Gasteiger partial charge on any atom is 0.246 e. The van der Waals surface area contributed by atoms with Gasteiger partial charge in [0.25, 0.3) is 0 Å². The van der Waals surface area contributed by atoms with Crippen LogP contribution in [0.15, 0.2) is 41.3 Å². The molecule has 2 aromatic rings. The molecule has 1 amide bonds. The topological polar surface area (TPSA) is 97.0 Å². The second-order valence-corrected chi connectivity index (χ2v) is 8.81. The lowest BCUT2D eigenvalue weighted by Gasteiger charge is -2.18. The van der Waals surface area contributed by atoms with Crippen LogP contribution in [0.25, 0.3) is 0 Å². The number of rotatable bonds is 6. The number of aryl methyl sites for hydroxylation is 1. The Balaban J connectivity index is 1.72. The van der Waals surface area contributed by atoms with Crippen molar-refractivity contribution in [2.75, 3.05) is 31.5 Å². The molecular formula is C19H23N3O5S. The molecule has 1 heterocycles. The standard InChI is InChI=1S/C19H23N3O5S/c1-12-5-6-15(10-18(12)28(24,25)22(3)4)20-13(2)19(23)21-14-7-8-16-17(9-14)27-11-26-16/h5-10,13,20H,11H2,1-4H3,(H,21,23)/t13-/m0/s1. The smallest absolute Gasteiger partial charge is 0.246 e. The highest BCUT2D eigenvalue weighted by molar-refractivity contribution is 7.89. The summed E-state index contributed by atoms with van der Waals surface area (Å²) in [6, 6.07) is 9.55. The number of nitrogens with zero attached hydrogens (tertiary/aromatic N) is 1. The number of benzene rings is 2. The van der Waals surface area contributed by atoms with E-state index in [0.717, 1.165) is 4.31 Å². The predicted octanol–water partition coefficient (Wildman–Crippen LogP) is 2.41. The van der Waals surface area contributed by atoms with Gasteiger partial charge in [-0.2, -0.15) is 0 Å². The molecular weight excluding hydrogens is 382 g/mol. The zero-order valence-electron chi connectivity index (χ0n) is 16.1. The lowest BCUT2D eigenvalue weighted by Crippen LogP contribution is -2.32. The second-order valence-electron chi connectivity index (χ2n) is 6.69. The quantitative estimate of drug-likeness (QED) is 0.766. The molecule has 0 unspecified atom stereocenters. The number of fused-ring (bicyclic) bond motifs is 1. The fourth-order valence-electron chi connectivity index (χ4n) is 2.70. The molecule has 1 aliphatic heterocycles. The van der Waals surface area contributed by atoms with Gasteiger partial charge in [0.15, 0.2) is 11.5 Å². The molecule has 0 saturated heterocycles. The van der Waals surface area contributed by atoms with Crippen molar-refractivity contribution in [2.24, 2.45) is 0 Å². The Bertz CT molecular complexity index is 1000. The Hall–Kier alpha value is -2.78. The molecule has 150 valence electrons. The van der Waals surface area contributed by atoms with Crippen molar-refractivity contribution in [2.45, 2.75) is 24.8 Å². The van der Waals surface area contributed by atoms with E-state index in [1.807, 2.05) is 0 Å². The molecule has 3 rings (SSSR count). The summed E-state index contributed by atoms with van der Waals surface area (Å²) in [5.74, 6) is 0.949. The van der Waals surface area contributed by atoms with E-state index in [4.69, 9.17) is 9.47 Å². The number of anilines is 2. The van der Waals surface area contributed by atoms with E-state index in [1.165, 1.54) is 20.2 Å². The Morgan fingerprint density at radius 3 is 2.46 bits per heavy atom. The molecule has 8 nitrogen and oxygen atoms in total. The second kappa shape index (κ2) is 7.69. The van der Waals surface area contributed by atoms with Gasteiger partial charge in [-0.1, -0.05) is 6.07 Å². The first-order valence-corrected chi connectivity index (χ1v) is 10.1. The van der Waals surface area contributed by atoms with E-state index in [0.29, 0.717) is 28.4 Å². The summed E-state index contributed by atoms with van der Waals surface area (Å²) in [4.78, 5) is 12.7. The van der Waals surface area contributed by atoms with E-state index in [-0.39, 0.29) is 17.6 Å². The summed E-state index contributed by atoms with van der Waals surface area (Å²) in [7, 11) is -0.609. The summed E-state index contributed by atoms with van der Waals surface area (Å²) in [5, 5.41) is 5.84. The highest BCUT2D eigenvalue weighted by Gasteiger charge is 2.21. The maximum absolute atomic E-state index is 12.5.